The van der Waals surface area contributed by atoms with Gasteiger partial charge in [0, 0.05) is 47.8 Å². The lowest BCUT2D eigenvalue weighted by atomic mass is 10.1. The van der Waals surface area contributed by atoms with Crippen molar-refractivity contribution in [1.82, 2.24) is 15.3 Å². The van der Waals surface area contributed by atoms with Crippen molar-refractivity contribution in [2.75, 3.05) is 29.3 Å². The summed E-state index contributed by atoms with van der Waals surface area (Å²) in [7, 11) is -3.72. The Kier molecular flexibility index (Phi) is 10.2. The molecule has 0 saturated carbocycles. The van der Waals surface area contributed by atoms with Crippen LogP contribution >= 0.6 is 11.3 Å². The first-order valence-electron chi connectivity index (χ1n) is 14.7. The van der Waals surface area contributed by atoms with E-state index in [9.17, 15) is 13.5 Å². The fourth-order valence-electron chi connectivity index (χ4n) is 5.13. The maximum absolute atomic E-state index is 13.2. The number of benzene rings is 2. The number of aryl methyl sites for hydroxylation is 1. The molecule has 3 heterocycles. The maximum atomic E-state index is 13.2. The van der Waals surface area contributed by atoms with Crippen LogP contribution in [-0.2, 0) is 29.3 Å². The molecule has 10 heteroatoms. The molecule has 5 rings (SSSR count). The van der Waals surface area contributed by atoms with E-state index in [1.54, 1.807) is 54.1 Å². The van der Waals surface area contributed by atoms with Gasteiger partial charge in [0.15, 0.2) is 5.13 Å². The first-order chi connectivity index (χ1) is 20.4. The predicted octanol–water partition coefficient (Wildman–Crippen LogP) is 6.02. The van der Waals surface area contributed by atoms with Gasteiger partial charge in [0.05, 0.1) is 16.7 Å². The molecule has 0 amide bonds. The Hall–Kier alpha value is -3.31. The Morgan fingerprint density at radius 2 is 1.93 bits per heavy atom. The van der Waals surface area contributed by atoms with E-state index in [0.29, 0.717) is 18.8 Å². The summed E-state index contributed by atoms with van der Waals surface area (Å²) < 4.78 is 29.1. The SMILES string of the molecule is CCCCCCc1csc(N2CCc3cc(S(=O)(=O)Nc4ccc(CCNCC(O)c5cccnc5)cc4)ccc32)n1. The molecule has 1 unspecified atom stereocenters. The molecule has 1 atom stereocenters. The van der Waals surface area contributed by atoms with Gasteiger partial charge in [-0.3, -0.25) is 9.71 Å². The largest absolute Gasteiger partial charge is 0.387 e. The monoisotopic (exact) mass is 605 g/mol. The van der Waals surface area contributed by atoms with Crippen LogP contribution in [0.3, 0.4) is 0 Å². The number of aliphatic hydroxyl groups is 1. The number of anilines is 3. The van der Waals surface area contributed by atoms with Gasteiger partial charge >= 0.3 is 0 Å². The Balaban J connectivity index is 1.13. The number of fused-ring (bicyclic) bond motifs is 1. The number of pyridine rings is 1. The van der Waals surface area contributed by atoms with E-state index in [-0.39, 0.29) is 4.90 Å². The van der Waals surface area contributed by atoms with E-state index in [0.717, 1.165) is 59.0 Å². The molecule has 0 fully saturated rings. The van der Waals surface area contributed by atoms with Crippen molar-refractivity contribution < 1.29 is 13.5 Å². The number of unbranched alkanes of at least 4 members (excludes halogenated alkanes) is 3. The quantitative estimate of drug-likeness (QED) is 0.142. The van der Waals surface area contributed by atoms with Crippen molar-refractivity contribution in [3.05, 3.63) is 94.8 Å². The summed E-state index contributed by atoms with van der Waals surface area (Å²) in [6.45, 7) is 4.15. The lowest BCUT2D eigenvalue weighted by molar-refractivity contribution is 0.174. The summed E-state index contributed by atoms with van der Waals surface area (Å²) in [4.78, 5) is 11.4. The lowest BCUT2D eigenvalue weighted by Crippen LogP contribution is -2.23. The van der Waals surface area contributed by atoms with Gasteiger partial charge in [-0.2, -0.15) is 0 Å². The number of hydrogen-bond donors (Lipinski definition) is 3. The number of sulfonamides is 1. The van der Waals surface area contributed by atoms with Crippen LogP contribution in [0.1, 0.15) is 61.1 Å². The Bertz CT molecular complexity index is 1540. The lowest BCUT2D eigenvalue weighted by Gasteiger charge is -2.16. The topological polar surface area (TPSA) is 107 Å². The van der Waals surface area contributed by atoms with Crippen LogP contribution in [0.5, 0.6) is 0 Å². The van der Waals surface area contributed by atoms with E-state index in [1.807, 2.05) is 24.3 Å². The third-order valence-corrected chi connectivity index (χ3v) is 9.81. The Labute approximate surface area is 252 Å². The summed E-state index contributed by atoms with van der Waals surface area (Å²) in [6, 6.07) is 16.4. The molecule has 1 aliphatic heterocycles. The summed E-state index contributed by atoms with van der Waals surface area (Å²) in [5, 5.41) is 16.6. The average Bonchev–Trinajstić information content (AvgIpc) is 3.65. The minimum Gasteiger partial charge on any atom is -0.387 e. The smallest absolute Gasteiger partial charge is 0.261 e. The molecule has 3 N–H and O–H groups in total. The second-order valence-electron chi connectivity index (χ2n) is 10.7. The van der Waals surface area contributed by atoms with E-state index < -0.39 is 16.1 Å². The van der Waals surface area contributed by atoms with Crippen molar-refractivity contribution in [1.29, 1.82) is 0 Å². The number of nitrogens with one attached hydrogen (secondary N) is 2. The molecule has 4 aromatic rings. The van der Waals surface area contributed by atoms with Gasteiger partial charge in [0.1, 0.15) is 0 Å². The molecule has 42 heavy (non-hydrogen) atoms. The summed E-state index contributed by atoms with van der Waals surface area (Å²) in [6.07, 6.45) is 10.2. The number of thiazole rings is 1. The van der Waals surface area contributed by atoms with Gasteiger partial charge in [-0.15, -0.1) is 11.3 Å². The van der Waals surface area contributed by atoms with E-state index in [1.165, 1.54) is 25.7 Å². The van der Waals surface area contributed by atoms with Gasteiger partial charge in [0.25, 0.3) is 10.0 Å². The summed E-state index contributed by atoms with van der Waals surface area (Å²) >= 11 is 1.66. The highest BCUT2D eigenvalue weighted by atomic mass is 32.2. The van der Waals surface area contributed by atoms with Gasteiger partial charge in [-0.25, -0.2) is 13.4 Å². The number of nitrogens with zero attached hydrogens (tertiary/aromatic N) is 3. The zero-order valence-corrected chi connectivity index (χ0v) is 25.6. The van der Waals surface area contributed by atoms with Crippen molar-refractivity contribution in [2.24, 2.45) is 0 Å². The zero-order valence-electron chi connectivity index (χ0n) is 24.0. The highest BCUT2D eigenvalue weighted by Crippen LogP contribution is 2.37. The molecule has 1 aliphatic rings. The molecule has 8 nitrogen and oxygen atoms in total. The maximum Gasteiger partial charge on any atom is 0.261 e. The molecule has 0 spiro atoms. The van der Waals surface area contributed by atoms with Crippen molar-refractivity contribution in [3.8, 4) is 0 Å². The van der Waals surface area contributed by atoms with Crippen LogP contribution in [0.4, 0.5) is 16.5 Å². The van der Waals surface area contributed by atoms with Gasteiger partial charge < -0.3 is 15.3 Å². The van der Waals surface area contributed by atoms with Gasteiger partial charge in [-0.1, -0.05) is 44.4 Å². The first kappa shape index (κ1) is 30.2. The molecular formula is C32H39N5O3S2. The number of hydrogen-bond acceptors (Lipinski definition) is 8. The fourth-order valence-corrected chi connectivity index (χ4v) is 7.14. The predicted molar refractivity (Wildman–Crippen MR) is 170 cm³/mol. The molecule has 222 valence electrons. The van der Waals surface area contributed by atoms with Crippen LogP contribution in [0.25, 0.3) is 0 Å². The second-order valence-corrected chi connectivity index (χ2v) is 13.2. The van der Waals surface area contributed by atoms with E-state index in [4.69, 9.17) is 4.98 Å². The minimum atomic E-state index is -3.72. The molecular weight excluding hydrogens is 567 g/mol. The van der Waals surface area contributed by atoms with E-state index in [2.05, 4.69) is 32.2 Å². The normalized spacial score (nSPS) is 13.7. The zero-order chi connectivity index (χ0) is 29.4. The summed E-state index contributed by atoms with van der Waals surface area (Å²) in [5.74, 6) is 0. The molecule has 2 aromatic heterocycles. The summed E-state index contributed by atoms with van der Waals surface area (Å²) in [5.41, 5.74) is 5.58. The van der Waals surface area contributed by atoms with Gasteiger partial charge in [-0.05, 0) is 79.8 Å². The van der Waals surface area contributed by atoms with Gasteiger partial charge in [0.2, 0.25) is 0 Å². The number of aromatic nitrogens is 2. The number of aliphatic hydroxyl groups excluding tert-OH is 1. The minimum absolute atomic E-state index is 0.263. The fraction of sp³-hybridized carbons (Fsp3) is 0.375. The molecule has 0 bridgehead atoms. The third kappa shape index (κ3) is 7.74. The number of rotatable bonds is 15. The highest BCUT2D eigenvalue weighted by Gasteiger charge is 2.25. The van der Waals surface area contributed by atoms with Crippen LogP contribution in [-0.4, -0.2) is 43.1 Å². The van der Waals surface area contributed by atoms with E-state index >= 15 is 0 Å². The van der Waals surface area contributed by atoms with Crippen molar-refractivity contribution in [2.45, 2.75) is 62.9 Å². The average molecular weight is 606 g/mol. The van der Waals surface area contributed by atoms with Crippen molar-refractivity contribution >= 4 is 37.9 Å². The molecule has 0 radical (unpaired) electrons. The molecule has 2 aromatic carbocycles. The standard InChI is InChI=1S/C32H39N5O3S2/c1-2-3-4-5-8-28-23-41-32(35-28)37-19-16-25-20-29(13-14-30(25)37)42(39,40)36-27-11-9-24(10-12-27)15-18-34-22-31(38)26-7-6-17-33-21-26/h6-7,9-14,17,20-21,23,31,34,36,38H,2-5,8,15-16,18-19,22H2,1H3. The van der Waals surface area contributed by atoms with Crippen LogP contribution in [0.2, 0.25) is 0 Å². The molecule has 0 saturated heterocycles. The van der Waals surface area contributed by atoms with Crippen LogP contribution < -0.4 is 14.9 Å². The second kappa shape index (κ2) is 14.2. The Morgan fingerprint density at radius 3 is 2.71 bits per heavy atom. The Morgan fingerprint density at radius 1 is 1.07 bits per heavy atom. The van der Waals surface area contributed by atoms with Crippen molar-refractivity contribution in [3.63, 3.8) is 0 Å². The van der Waals surface area contributed by atoms with Crippen LogP contribution in [0.15, 0.2) is 77.3 Å². The molecule has 0 aliphatic carbocycles. The van der Waals surface area contributed by atoms with Crippen LogP contribution in [0, 0.1) is 0 Å². The highest BCUT2D eigenvalue weighted by molar-refractivity contribution is 7.92. The third-order valence-electron chi connectivity index (χ3n) is 7.52. The first-order valence-corrected chi connectivity index (χ1v) is 17.0.